The zero-order valence-corrected chi connectivity index (χ0v) is 47.4. The fourth-order valence-corrected chi connectivity index (χ4v) is 10.5. The molecule has 0 bridgehead atoms. The molecule has 0 spiro atoms. The van der Waals surface area contributed by atoms with Crippen LogP contribution in [0.25, 0.3) is 38.9 Å². The summed E-state index contributed by atoms with van der Waals surface area (Å²) in [6, 6.07) is 44.5. The Morgan fingerprint density at radius 2 is 1.14 bits per heavy atom. The number of nitrogens with zero attached hydrogens (tertiary/aromatic N) is 3. The second-order valence-electron chi connectivity index (χ2n) is 21.3. The van der Waals surface area contributed by atoms with Gasteiger partial charge in [-0.2, -0.15) is 0 Å². The van der Waals surface area contributed by atoms with Crippen LogP contribution in [0.2, 0.25) is 0 Å². The van der Waals surface area contributed by atoms with E-state index in [0.29, 0.717) is 24.2 Å². The number of aryl methyl sites for hydroxylation is 2. The molecule has 7 aromatic carbocycles. The number of nitrogens with two attached hydrogens (primary N) is 3. The van der Waals surface area contributed by atoms with Crippen LogP contribution in [-0.2, 0) is 0 Å². The number of nitrogens with one attached hydrogen (secondary N) is 4. The smallest absolute Gasteiger partial charge is 0.251 e. The van der Waals surface area contributed by atoms with Gasteiger partial charge in [0.1, 0.15) is 22.4 Å². The number of allylic oxidation sites excluding steroid dienone is 3. The number of nitrogen functional groups attached to an aromatic ring is 2. The number of quaternary nitrogens is 1. The van der Waals surface area contributed by atoms with Gasteiger partial charge in [0.2, 0.25) is 16.7 Å². The van der Waals surface area contributed by atoms with E-state index in [1.165, 1.54) is 11.3 Å². The highest BCUT2D eigenvalue weighted by Gasteiger charge is 2.24. The molecule has 10 N–H and O–H groups in total. The predicted octanol–water partition coefficient (Wildman–Crippen LogP) is 12.9. The van der Waals surface area contributed by atoms with Gasteiger partial charge >= 0.3 is 0 Å². The van der Waals surface area contributed by atoms with E-state index in [1.807, 2.05) is 84.9 Å². The molecule has 12 heteroatoms. The molecular formula is C68H78N10O2+2. The van der Waals surface area contributed by atoms with E-state index in [0.717, 1.165) is 177 Å². The van der Waals surface area contributed by atoms with Crippen molar-refractivity contribution in [3.8, 4) is 16.8 Å². The Hall–Kier alpha value is -8.61. The minimum Gasteiger partial charge on any atom is -0.398 e. The molecule has 1 aliphatic rings. The number of unbranched alkanes of at least 4 members (excludes halogenated alkanes) is 6. The summed E-state index contributed by atoms with van der Waals surface area (Å²) in [4.78, 5) is 36.3. The molecule has 9 rings (SSSR count). The molecule has 0 radical (unpaired) electrons. The van der Waals surface area contributed by atoms with Crippen molar-refractivity contribution in [2.75, 3.05) is 43.0 Å². The molecule has 1 heterocycles. The van der Waals surface area contributed by atoms with Crippen LogP contribution >= 0.6 is 0 Å². The second kappa shape index (κ2) is 26.4. The minimum absolute atomic E-state index is 0.0689. The van der Waals surface area contributed by atoms with E-state index in [4.69, 9.17) is 21.4 Å². The first-order valence-electron chi connectivity index (χ1n) is 28.4. The Morgan fingerprint density at radius 3 is 1.74 bits per heavy atom. The number of carbonyl (C=O) groups excluding carboxylic acids is 2. The molecule has 0 unspecified atom stereocenters. The van der Waals surface area contributed by atoms with Crippen LogP contribution in [0.5, 0.6) is 0 Å². The number of anilines is 3. The van der Waals surface area contributed by atoms with Crippen LogP contribution in [0.1, 0.15) is 113 Å². The van der Waals surface area contributed by atoms with E-state index in [9.17, 15) is 9.59 Å². The lowest BCUT2D eigenvalue weighted by molar-refractivity contribution is -0.538. The van der Waals surface area contributed by atoms with E-state index in [-0.39, 0.29) is 11.8 Å². The fraction of sp³-hybridized carbons (Fsp3) is 0.279. The number of aromatic nitrogens is 2. The van der Waals surface area contributed by atoms with Gasteiger partial charge in [0.15, 0.2) is 5.69 Å². The Labute approximate surface area is 471 Å². The summed E-state index contributed by atoms with van der Waals surface area (Å²) in [6.07, 6.45) is 13.3. The number of carbonyl (C=O) groups is 2. The third-order valence-corrected chi connectivity index (χ3v) is 15.6. The summed E-state index contributed by atoms with van der Waals surface area (Å²) >= 11 is 0. The lowest BCUT2D eigenvalue weighted by Gasteiger charge is -2.17. The molecule has 2 amide bonds. The highest BCUT2D eigenvalue weighted by Crippen LogP contribution is 2.35. The monoisotopic (exact) mass is 1070 g/mol. The van der Waals surface area contributed by atoms with Gasteiger partial charge in [-0.3, -0.25) is 14.9 Å². The number of hydrogen-bond acceptors (Lipinski definition) is 8. The van der Waals surface area contributed by atoms with Gasteiger partial charge in [0, 0.05) is 103 Å². The highest BCUT2D eigenvalue weighted by atomic mass is 16.2. The van der Waals surface area contributed by atoms with Crippen molar-refractivity contribution in [2.45, 2.75) is 99.3 Å². The first kappa shape index (κ1) is 56.1. The maximum Gasteiger partial charge on any atom is 0.251 e. The molecule has 0 fully saturated rings. The van der Waals surface area contributed by atoms with Gasteiger partial charge in [-0.1, -0.05) is 92.4 Å². The average molecular weight is 1070 g/mol. The van der Waals surface area contributed by atoms with Crippen LogP contribution in [-0.4, -0.2) is 48.7 Å². The lowest BCUT2D eigenvalue weighted by atomic mass is 10.0. The molecule has 8 aromatic rings. The molecule has 1 aliphatic carbocycles. The van der Waals surface area contributed by atoms with Crippen molar-refractivity contribution >= 4 is 73.7 Å². The Kier molecular flexibility index (Phi) is 18.5. The van der Waals surface area contributed by atoms with Crippen molar-refractivity contribution in [1.29, 1.82) is 0 Å². The van der Waals surface area contributed by atoms with Crippen molar-refractivity contribution in [3.63, 3.8) is 0 Å². The lowest BCUT2D eigenvalue weighted by Crippen LogP contribution is -2.71. The Balaban J connectivity index is 0.646. The number of fused-ring (bicyclic) bond motifs is 2. The van der Waals surface area contributed by atoms with Crippen molar-refractivity contribution < 1.29 is 19.5 Å². The molecule has 12 nitrogen and oxygen atoms in total. The van der Waals surface area contributed by atoms with Gasteiger partial charge in [-0.25, -0.2) is 9.98 Å². The summed E-state index contributed by atoms with van der Waals surface area (Å²) in [5.74, 6) is -0.142. The van der Waals surface area contributed by atoms with Crippen molar-refractivity contribution in [3.05, 3.63) is 196 Å². The Morgan fingerprint density at radius 1 is 0.588 bits per heavy atom. The van der Waals surface area contributed by atoms with E-state index in [2.05, 4.69) is 133 Å². The number of amides is 2. The highest BCUT2D eigenvalue weighted by molar-refractivity contribution is 6.01. The number of hydrogen-bond donors (Lipinski definition) is 7. The first-order valence-corrected chi connectivity index (χ1v) is 28.4. The molecule has 80 heavy (non-hydrogen) atoms. The quantitative estimate of drug-likeness (QED) is 0.0144. The third kappa shape index (κ3) is 13.6. The van der Waals surface area contributed by atoms with Gasteiger partial charge in [-0.15, -0.1) is 4.57 Å². The molecule has 0 aliphatic heterocycles. The zero-order valence-electron chi connectivity index (χ0n) is 47.4. The van der Waals surface area contributed by atoms with E-state index < -0.39 is 0 Å². The summed E-state index contributed by atoms with van der Waals surface area (Å²) < 4.78 is 2.27. The standard InChI is InChI=1S/C68H76N10O2/c1-44-39-55(76-65-48(5)46(3)57(69)41-62(65)75-54-21-13-11-14-22-54)33-34-59(44)71-35-17-7-9-19-37-73-67(79)52-29-25-50(26-30-52)51-27-31-53(32-28-51)68(80)74-38-20-10-8-18-36-72-60-43-63-61(40-45(60)2)77-66-49(6)47(4)58(70)42-64(66)78(63)56-23-15-12-16-24-56/h11-16,21-32,34,39-43,71,75H,7-10,17-20,33,35-38,69H2,1-6H3,(H4,70,72,73,74,79,80)/p+2. The summed E-state index contributed by atoms with van der Waals surface area (Å²) in [6.45, 7) is 15.6. The minimum atomic E-state index is -0.0734. The number of rotatable bonds is 23. The fourth-order valence-electron chi connectivity index (χ4n) is 10.5. The predicted molar refractivity (Wildman–Crippen MR) is 331 cm³/mol. The Bertz CT molecular complexity index is 3610. The summed E-state index contributed by atoms with van der Waals surface area (Å²) in [5, 5.41) is 15.7. The van der Waals surface area contributed by atoms with E-state index in [1.54, 1.807) is 0 Å². The zero-order chi connectivity index (χ0) is 56.1. The molecule has 0 saturated heterocycles. The number of aliphatic imine (C=N–C) groups is 1. The summed E-state index contributed by atoms with van der Waals surface area (Å²) in [7, 11) is 0. The number of benzene rings is 7. The normalized spacial score (nSPS) is 12.8. The summed E-state index contributed by atoms with van der Waals surface area (Å²) in [5.41, 5.74) is 35.7. The maximum atomic E-state index is 13.0. The van der Waals surface area contributed by atoms with Crippen molar-refractivity contribution in [1.82, 2.24) is 20.9 Å². The number of para-hydroxylation sites is 2. The van der Waals surface area contributed by atoms with Gasteiger partial charge in [0.05, 0.1) is 0 Å². The van der Waals surface area contributed by atoms with Crippen LogP contribution in [0.15, 0.2) is 162 Å². The topological polar surface area (TPSA) is 180 Å². The molecule has 0 saturated carbocycles. The maximum absolute atomic E-state index is 13.0. The van der Waals surface area contributed by atoms with Gasteiger partial charge in [0.25, 0.3) is 11.8 Å². The van der Waals surface area contributed by atoms with Gasteiger partial charge in [-0.05, 0) is 160 Å². The van der Waals surface area contributed by atoms with Crippen molar-refractivity contribution in [2.24, 2.45) is 4.99 Å². The first-order chi connectivity index (χ1) is 38.8. The van der Waals surface area contributed by atoms with Crippen LogP contribution < -0.4 is 42.6 Å². The van der Waals surface area contributed by atoms with Crippen LogP contribution in [0, 0.1) is 34.6 Å². The second-order valence-corrected chi connectivity index (χ2v) is 21.3. The molecule has 1 aromatic heterocycles. The molecule has 0 atom stereocenters. The van der Waals surface area contributed by atoms with Crippen LogP contribution in [0.3, 0.4) is 0 Å². The van der Waals surface area contributed by atoms with E-state index >= 15 is 0 Å². The SMILES string of the molecule is CC1=CC(=Nc2c([NH2+]c3ccccc3)cc(N)c(C)c2C)CC=C1NCCCCCCNC(=O)c1ccc(-c2ccc(C(=O)NCCCCCCNc3cc4c(cc3C)nc3c(C)c(C)c(N)cc3[n+]4-c3ccccc3)cc2)cc1. The largest absolute Gasteiger partial charge is 0.398 e. The molecular weight excluding hydrogens is 989 g/mol. The third-order valence-electron chi connectivity index (χ3n) is 15.6. The average Bonchev–Trinajstić information content (AvgIpc) is 3.49. The molecule has 410 valence electrons. The van der Waals surface area contributed by atoms with Gasteiger partial charge < -0.3 is 32.7 Å². The van der Waals surface area contributed by atoms with Crippen LogP contribution in [0.4, 0.5) is 34.1 Å².